The molecule has 26 heavy (non-hydrogen) atoms. The molecule has 0 bridgehead atoms. The van der Waals surface area contributed by atoms with Crippen molar-refractivity contribution in [3.05, 3.63) is 57.6 Å². The smallest absolute Gasteiger partial charge is 0.314 e. The first-order chi connectivity index (χ1) is 12.6. The zero-order valence-corrected chi connectivity index (χ0v) is 16.8. The molecule has 0 fully saturated rings. The number of thiophene rings is 2. The SMILES string of the molecule is CN(C)[C@H](CNC(=O)NCCc1cccs1)Cc1csc2ccccc12. The number of carbonyl (C=O) groups excluding carboxylic acids is 1. The molecule has 0 saturated heterocycles. The molecule has 4 nitrogen and oxygen atoms in total. The number of hydrogen-bond donors (Lipinski definition) is 2. The number of nitrogens with one attached hydrogen (secondary N) is 2. The van der Waals surface area contributed by atoms with Crippen molar-refractivity contribution in [1.82, 2.24) is 15.5 Å². The van der Waals surface area contributed by atoms with Gasteiger partial charge in [0, 0.05) is 28.7 Å². The minimum absolute atomic E-state index is 0.0939. The summed E-state index contributed by atoms with van der Waals surface area (Å²) in [6.45, 7) is 1.29. The van der Waals surface area contributed by atoms with E-state index in [0.717, 1.165) is 12.8 Å². The van der Waals surface area contributed by atoms with Crippen LogP contribution in [0.4, 0.5) is 4.79 Å². The average molecular weight is 388 g/mol. The lowest BCUT2D eigenvalue weighted by atomic mass is 10.0. The molecule has 3 rings (SSSR count). The molecule has 1 aromatic carbocycles. The molecule has 0 aliphatic carbocycles. The van der Waals surface area contributed by atoms with Crippen LogP contribution < -0.4 is 10.6 Å². The lowest BCUT2D eigenvalue weighted by Gasteiger charge is -2.24. The Kier molecular flexibility index (Phi) is 6.66. The summed E-state index contributed by atoms with van der Waals surface area (Å²) in [4.78, 5) is 15.5. The second-order valence-electron chi connectivity index (χ2n) is 6.54. The van der Waals surface area contributed by atoms with E-state index in [1.807, 2.05) is 6.07 Å². The number of rotatable bonds is 8. The topological polar surface area (TPSA) is 44.4 Å². The largest absolute Gasteiger partial charge is 0.338 e. The third-order valence-electron chi connectivity index (χ3n) is 4.48. The van der Waals surface area contributed by atoms with Crippen LogP contribution in [0.15, 0.2) is 47.2 Å². The number of carbonyl (C=O) groups is 1. The van der Waals surface area contributed by atoms with Crippen LogP contribution in [0.2, 0.25) is 0 Å². The number of hydrogen-bond acceptors (Lipinski definition) is 4. The molecule has 1 atom stereocenters. The van der Waals surface area contributed by atoms with Gasteiger partial charge in [0.15, 0.2) is 0 Å². The van der Waals surface area contributed by atoms with Gasteiger partial charge in [0.1, 0.15) is 0 Å². The van der Waals surface area contributed by atoms with Crippen molar-refractivity contribution < 1.29 is 4.79 Å². The third-order valence-corrected chi connectivity index (χ3v) is 6.43. The van der Waals surface area contributed by atoms with Crippen molar-refractivity contribution in [3.63, 3.8) is 0 Å². The van der Waals surface area contributed by atoms with Crippen LogP contribution in [0.25, 0.3) is 10.1 Å². The maximum Gasteiger partial charge on any atom is 0.314 e. The van der Waals surface area contributed by atoms with Gasteiger partial charge in [-0.25, -0.2) is 4.79 Å². The summed E-state index contributed by atoms with van der Waals surface area (Å²) in [7, 11) is 4.13. The van der Waals surface area contributed by atoms with Gasteiger partial charge in [-0.3, -0.25) is 0 Å². The molecule has 0 unspecified atom stereocenters. The number of fused-ring (bicyclic) bond motifs is 1. The Morgan fingerprint density at radius 3 is 2.73 bits per heavy atom. The van der Waals surface area contributed by atoms with Gasteiger partial charge in [0.2, 0.25) is 0 Å². The van der Waals surface area contributed by atoms with Crippen LogP contribution in [0.5, 0.6) is 0 Å². The molecule has 2 aromatic heterocycles. The number of likely N-dealkylation sites (N-methyl/N-ethyl adjacent to an activating group) is 1. The lowest BCUT2D eigenvalue weighted by Crippen LogP contribution is -2.45. The third kappa shape index (κ3) is 5.06. The highest BCUT2D eigenvalue weighted by molar-refractivity contribution is 7.17. The molecule has 6 heteroatoms. The monoisotopic (exact) mass is 387 g/mol. The normalized spacial score (nSPS) is 12.4. The zero-order chi connectivity index (χ0) is 18.4. The summed E-state index contributed by atoms with van der Waals surface area (Å²) in [6.07, 6.45) is 1.80. The van der Waals surface area contributed by atoms with Crippen molar-refractivity contribution in [3.8, 4) is 0 Å². The highest BCUT2D eigenvalue weighted by Gasteiger charge is 2.16. The van der Waals surface area contributed by atoms with Crippen molar-refractivity contribution >= 4 is 38.8 Å². The molecule has 0 radical (unpaired) electrons. The Labute approximate surface area is 162 Å². The van der Waals surface area contributed by atoms with E-state index in [2.05, 4.69) is 70.7 Å². The summed E-state index contributed by atoms with van der Waals surface area (Å²) in [6, 6.07) is 12.8. The standard InChI is InChI=1S/C20H25N3OS2/c1-23(2)16(12-15-14-26-19-8-4-3-7-18(15)19)13-22-20(24)21-10-9-17-6-5-11-25-17/h3-8,11,14,16H,9-10,12-13H2,1-2H3,(H2,21,22,24)/t16-/m0/s1. The van der Waals surface area contributed by atoms with E-state index in [1.165, 1.54) is 20.5 Å². The first kappa shape index (κ1) is 18.9. The van der Waals surface area contributed by atoms with Crippen LogP contribution in [0, 0.1) is 0 Å². The summed E-state index contributed by atoms with van der Waals surface area (Å²) < 4.78 is 1.32. The van der Waals surface area contributed by atoms with Gasteiger partial charge in [-0.1, -0.05) is 24.3 Å². The highest BCUT2D eigenvalue weighted by Crippen LogP contribution is 2.27. The van der Waals surface area contributed by atoms with Gasteiger partial charge < -0.3 is 15.5 Å². The maximum atomic E-state index is 12.1. The molecule has 2 amide bonds. The van der Waals surface area contributed by atoms with Crippen LogP contribution in [0.3, 0.4) is 0 Å². The minimum atomic E-state index is -0.0939. The van der Waals surface area contributed by atoms with E-state index in [-0.39, 0.29) is 12.1 Å². The molecule has 2 N–H and O–H groups in total. The van der Waals surface area contributed by atoms with Crippen molar-refractivity contribution in [2.45, 2.75) is 18.9 Å². The molecule has 138 valence electrons. The van der Waals surface area contributed by atoms with Crippen molar-refractivity contribution in [2.24, 2.45) is 0 Å². The zero-order valence-electron chi connectivity index (χ0n) is 15.2. The summed E-state index contributed by atoms with van der Waals surface area (Å²) in [5, 5.41) is 11.6. The van der Waals surface area contributed by atoms with Gasteiger partial charge in [0.05, 0.1) is 0 Å². The Morgan fingerprint density at radius 2 is 1.96 bits per heavy atom. The van der Waals surface area contributed by atoms with Crippen LogP contribution in [-0.4, -0.2) is 44.2 Å². The van der Waals surface area contributed by atoms with Crippen molar-refractivity contribution in [1.29, 1.82) is 0 Å². The van der Waals surface area contributed by atoms with Gasteiger partial charge >= 0.3 is 6.03 Å². The Morgan fingerprint density at radius 1 is 1.12 bits per heavy atom. The average Bonchev–Trinajstić information content (AvgIpc) is 3.28. The molecular formula is C20H25N3OS2. The molecule has 0 spiro atoms. The molecule has 0 saturated carbocycles. The minimum Gasteiger partial charge on any atom is -0.338 e. The highest BCUT2D eigenvalue weighted by atomic mass is 32.1. The predicted octanol–water partition coefficient (Wildman–Crippen LogP) is 3.98. The second kappa shape index (κ2) is 9.16. The number of urea groups is 1. The van der Waals surface area contributed by atoms with Gasteiger partial charge in [-0.2, -0.15) is 0 Å². The molecular weight excluding hydrogens is 362 g/mol. The van der Waals surface area contributed by atoms with Crippen molar-refractivity contribution in [2.75, 3.05) is 27.2 Å². The maximum absolute atomic E-state index is 12.1. The van der Waals surface area contributed by atoms with Gasteiger partial charge in [-0.05, 0) is 60.8 Å². The van der Waals surface area contributed by atoms with E-state index < -0.39 is 0 Å². The fraction of sp³-hybridized carbons (Fsp3) is 0.350. The summed E-state index contributed by atoms with van der Waals surface area (Å²) in [5.41, 5.74) is 1.35. The van der Waals surface area contributed by atoms with Crippen LogP contribution in [-0.2, 0) is 12.8 Å². The van der Waals surface area contributed by atoms with Gasteiger partial charge in [0.25, 0.3) is 0 Å². The molecule has 3 aromatic rings. The second-order valence-corrected chi connectivity index (χ2v) is 8.49. The lowest BCUT2D eigenvalue weighted by molar-refractivity contribution is 0.232. The number of nitrogens with zero attached hydrogens (tertiary/aromatic N) is 1. The predicted molar refractivity (Wildman–Crippen MR) is 112 cm³/mol. The quantitative estimate of drug-likeness (QED) is 0.614. The fourth-order valence-electron chi connectivity index (χ4n) is 2.91. The Hall–Kier alpha value is -1.89. The molecule has 0 aliphatic rings. The van der Waals surface area contributed by atoms with E-state index >= 15 is 0 Å². The van der Waals surface area contributed by atoms with E-state index in [1.54, 1.807) is 22.7 Å². The Balaban J connectivity index is 1.49. The van der Waals surface area contributed by atoms with Crippen LogP contribution >= 0.6 is 22.7 Å². The van der Waals surface area contributed by atoms with E-state index in [9.17, 15) is 4.79 Å². The fourth-order valence-corrected chi connectivity index (χ4v) is 4.59. The number of benzene rings is 1. The summed E-state index contributed by atoms with van der Waals surface area (Å²) in [5.74, 6) is 0. The van der Waals surface area contributed by atoms with E-state index in [4.69, 9.17) is 0 Å². The molecule has 0 aliphatic heterocycles. The first-order valence-electron chi connectivity index (χ1n) is 8.79. The molecule has 2 heterocycles. The Bertz CT molecular complexity index is 827. The van der Waals surface area contributed by atoms with Crippen LogP contribution in [0.1, 0.15) is 10.4 Å². The summed E-state index contributed by atoms with van der Waals surface area (Å²) >= 11 is 3.51. The van der Waals surface area contributed by atoms with E-state index in [0.29, 0.717) is 13.1 Å². The number of amides is 2. The van der Waals surface area contributed by atoms with Gasteiger partial charge in [-0.15, -0.1) is 22.7 Å². The first-order valence-corrected chi connectivity index (χ1v) is 10.5.